The number of ether oxygens (including phenoxy) is 1. The SMILES string of the molecule is Nc1ccc(OCCn2nnnc2C2CC2)cc1. The average Bonchev–Trinajstić information content (AvgIpc) is 3.12. The van der Waals surface area contributed by atoms with E-state index in [4.69, 9.17) is 10.5 Å². The molecule has 6 heteroatoms. The summed E-state index contributed by atoms with van der Waals surface area (Å²) in [5.74, 6) is 2.35. The summed E-state index contributed by atoms with van der Waals surface area (Å²) in [5.41, 5.74) is 6.34. The second-order valence-electron chi connectivity index (χ2n) is 4.45. The molecule has 2 aromatic rings. The highest BCUT2D eigenvalue weighted by atomic mass is 16.5. The first-order valence-corrected chi connectivity index (χ1v) is 6.07. The number of benzene rings is 1. The highest BCUT2D eigenvalue weighted by Crippen LogP contribution is 2.38. The van der Waals surface area contributed by atoms with E-state index in [-0.39, 0.29) is 0 Å². The van der Waals surface area contributed by atoms with Crippen molar-refractivity contribution < 1.29 is 4.74 Å². The fraction of sp³-hybridized carbons (Fsp3) is 0.417. The molecule has 6 nitrogen and oxygen atoms in total. The molecule has 18 heavy (non-hydrogen) atoms. The van der Waals surface area contributed by atoms with Crippen molar-refractivity contribution >= 4 is 5.69 Å². The Hall–Kier alpha value is -2.11. The Labute approximate surface area is 105 Å². The monoisotopic (exact) mass is 245 g/mol. The van der Waals surface area contributed by atoms with Gasteiger partial charge in [0.15, 0.2) is 5.82 Å². The molecule has 1 saturated carbocycles. The molecule has 94 valence electrons. The molecular weight excluding hydrogens is 230 g/mol. The Morgan fingerprint density at radius 2 is 2.06 bits per heavy atom. The van der Waals surface area contributed by atoms with Gasteiger partial charge in [0, 0.05) is 11.6 Å². The molecule has 0 amide bonds. The van der Waals surface area contributed by atoms with Crippen molar-refractivity contribution in [3.63, 3.8) is 0 Å². The maximum atomic E-state index is 5.62. The van der Waals surface area contributed by atoms with E-state index in [0.717, 1.165) is 17.3 Å². The summed E-state index contributed by atoms with van der Waals surface area (Å²) in [7, 11) is 0. The molecule has 3 rings (SSSR count). The predicted molar refractivity (Wildman–Crippen MR) is 66.1 cm³/mol. The number of hydrogen-bond donors (Lipinski definition) is 1. The lowest BCUT2D eigenvalue weighted by Crippen LogP contribution is -2.12. The van der Waals surface area contributed by atoms with Crippen molar-refractivity contribution in [2.24, 2.45) is 0 Å². The lowest BCUT2D eigenvalue weighted by Gasteiger charge is -2.07. The topological polar surface area (TPSA) is 78.9 Å². The van der Waals surface area contributed by atoms with E-state index in [1.165, 1.54) is 12.8 Å². The fourth-order valence-corrected chi connectivity index (χ4v) is 1.82. The first-order valence-electron chi connectivity index (χ1n) is 6.07. The van der Waals surface area contributed by atoms with Gasteiger partial charge < -0.3 is 10.5 Å². The van der Waals surface area contributed by atoms with Crippen molar-refractivity contribution in [2.45, 2.75) is 25.3 Å². The fourth-order valence-electron chi connectivity index (χ4n) is 1.82. The minimum absolute atomic E-state index is 0.550. The first kappa shape index (κ1) is 11.0. The predicted octanol–water partition coefficient (Wildman–Crippen LogP) is 1.21. The molecule has 0 unspecified atom stereocenters. The summed E-state index contributed by atoms with van der Waals surface area (Å²) in [6, 6.07) is 7.36. The number of rotatable bonds is 5. The van der Waals surface area contributed by atoms with Crippen LogP contribution in [0.15, 0.2) is 24.3 Å². The number of tetrazole rings is 1. The highest BCUT2D eigenvalue weighted by Gasteiger charge is 2.29. The molecule has 0 bridgehead atoms. The number of nitrogen functional groups attached to an aromatic ring is 1. The van der Waals surface area contributed by atoms with Gasteiger partial charge in [0.25, 0.3) is 0 Å². The number of nitrogens with zero attached hydrogens (tertiary/aromatic N) is 4. The third-order valence-corrected chi connectivity index (χ3v) is 2.95. The second-order valence-corrected chi connectivity index (χ2v) is 4.45. The summed E-state index contributed by atoms with van der Waals surface area (Å²) in [4.78, 5) is 0. The van der Waals surface area contributed by atoms with Crippen LogP contribution >= 0.6 is 0 Å². The largest absolute Gasteiger partial charge is 0.492 e. The van der Waals surface area contributed by atoms with Gasteiger partial charge in [0.2, 0.25) is 0 Å². The van der Waals surface area contributed by atoms with E-state index in [2.05, 4.69) is 15.5 Å². The molecule has 0 radical (unpaired) electrons. The highest BCUT2D eigenvalue weighted by molar-refractivity contribution is 5.41. The van der Waals surface area contributed by atoms with Gasteiger partial charge in [-0.3, -0.25) is 0 Å². The molecule has 1 fully saturated rings. The van der Waals surface area contributed by atoms with Crippen LogP contribution in [0.3, 0.4) is 0 Å². The van der Waals surface area contributed by atoms with Crippen molar-refractivity contribution in [3.05, 3.63) is 30.1 Å². The minimum Gasteiger partial charge on any atom is -0.492 e. The summed E-state index contributed by atoms with van der Waals surface area (Å²) in [6.07, 6.45) is 2.39. The van der Waals surface area contributed by atoms with Gasteiger partial charge in [-0.2, -0.15) is 0 Å². The molecule has 0 atom stereocenters. The van der Waals surface area contributed by atoms with Gasteiger partial charge >= 0.3 is 0 Å². The molecular formula is C12H15N5O. The van der Waals surface area contributed by atoms with Crippen molar-refractivity contribution in [1.82, 2.24) is 20.2 Å². The Morgan fingerprint density at radius 1 is 1.28 bits per heavy atom. The summed E-state index contributed by atoms with van der Waals surface area (Å²) in [5, 5.41) is 11.7. The first-order chi connectivity index (χ1) is 8.83. The van der Waals surface area contributed by atoms with E-state index < -0.39 is 0 Å². The van der Waals surface area contributed by atoms with Crippen LogP contribution in [0.5, 0.6) is 5.75 Å². The van der Waals surface area contributed by atoms with E-state index in [9.17, 15) is 0 Å². The maximum absolute atomic E-state index is 5.62. The number of nitrogens with two attached hydrogens (primary N) is 1. The van der Waals surface area contributed by atoms with E-state index in [1.54, 1.807) is 0 Å². The molecule has 1 aromatic carbocycles. The molecule has 1 heterocycles. The van der Waals surface area contributed by atoms with Crippen LogP contribution in [-0.2, 0) is 6.54 Å². The van der Waals surface area contributed by atoms with Gasteiger partial charge in [0.05, 0.1) is 6.54 Å². The van der Waals surface area contributed by atoms with Crippen LogP contribution in [0.1, 0.15) is 24.6 Å². The third-order valence-electron chi connectivity index (χ3n) is 2.95. The molecule has 0 saturated heterocycles. The molecule has 1 aromatic heterocycles. The maximum Gasteiger partial charge on any atom is 0.154 e. The number of hydrogen-bond acceptors (Lipinski definition) is 5. The molecule has 0 spiro atoms. The van der Waals surface area contributed by atoms with Crippen LogP contribution in [0, 0.1) is 0 Å². The zero-order chi connectivity index (χ0) is 12.4. The van der Waals surface area contributed by atoms with Crippen LogP contribution in [-0.4, -0.2) is 26.8 Å². The van der Waals surface area contributed by atoms with Gasteiger partial charge in [-0.1, -0.05) is 0 Å². The Bertz CT molecular complexity index is 518. The second kappa shape index (κ2) is 4.64. The van der Waals surface area contributed by atoms with Gasteiger partial charge in [-0.25, -0.2) is 4.68 Å². The zero-order valence-electron chi connectivity index (χ0n) is 9.99. The normalized spacial score (nSPS) is 14.7. The van der Waals surface area contributed by atoms with Crippen LogP contribution in [0.2, 0.25) is 0 Å². The van der Waals surface area contributed by atoms with E-state index in [1.807, 2.05) is 28.9 Å². The average molecular weight is 245 g/mol. The molecule has 0 aliphatic heterocycles. The quantitative estimate of drug-likeness (QED) is 0.801. The third kappa shape index (κ3) is 2.42. The molecule has 2 N–H and O–H groups in total. The van der Waals surface area contributed by atoms with Gasteiger partial charge in [-0.05, 0) is 47.5 Å². The standard InChI is InChI=1S/C12H15N5O/c13-10-3-5-11(6-4-10)18-8-7-17-12(9-1-2-9)14-15-16-17/h3-6,9H,1-2,7-8,13H2. The van der Waals surface area contributed by atoms with Crippen LogP contribution < -0.4 is 10.5 Å². The van der Waals surface area contributed by atoms with Crippen molar-refractivity contribution in [1.29, 1.82) is 0 Å². The Morgan fingerprint density at radius 3 is 2.78 bits per heavy atom. The summed E-state index contributed by atoms with van der Waals surface area (Å²) < 4.78 is 7.45. The molecule has 1 aliphatic rings. The Kier molecular flexibility index (Phi) is 2.84. The van der Waals surface area contributed by atoms with E-state index >= 15 is 0 Å². The smallest absolute Gasteiger partial charge is 0.154 e. The number of aromatic nitrogens is 4. The summed E-state index contributed by atoms with van der Waals surface area (Å²) in [6.45, 7) is 1.22. The van der Waals surface area contributed by atoms with Gasteiger partial charge in [-0.15, -0.1) is 5.10 Å². The van der Waals surface area contributed by atoms with E-state index in [0.29, 0.717) is 19.1 Å². The molecule has 1 aliphatic carbocycles. The number of anilines is 1. The van der Waals surface area contributed by atoms with Gasteiger partial charge in [0.1, 0.15) is 12.4 Å². The van der Waals surface area contributed by atoms with Crippen LogP contribution in [0.4, 0.5) is 5.69 Å². The minimum atomic E-state index is 0.550. The summed E-state index contributed by atoms with van der Waals surface area (Å²) >= 11 is 0. The lowest BCUT2D eigenvalue weighted by atomic mass is 10.3. The van der Waals surface area contributed by atoms with Crippen molar-refractivity contribution in [3.8, 4) is 5.75 Å². The zero-order valence-corrected chi connectivity index (χ0v) is 9.99. The van der Waals surface area contributed by atoms with Crippen molar-refractivity contribution in [2.75, 3.05) is 12.3 Å². The Balaban J connectivity index is 1.55. The van der Waals surface area contributed by atoms with Crippen LogP contribution in [0.25, 0.3) is 0 Å². The lowest BCUT2D eigenvalue weighted by molar-refractivity contribution is 0.287.